The van der Waals surface area contributed by atoms with Crippen LogP contribution in [0.5, 0.6) is 0 Å². The number of sulfonamides is 1. The first kappa shape index (κ1) is 37.4. The van der Waals surface area contributed by atoms with Crippen molar-refractivity contribution in [3.63, 3.8) is 0 Å². The van der Waals surface area contributed by atoms with Crippen LogP contribution in [0, 0.1) is 17.7 Å². The van der Waals surface area contributed by atoms with Crippen LogP contribution in [0.15, 0.2) is 47.4 Å². The Morgan fingerprint density at radius 3 is 2.08 bits per heavy atom. The smallest absolute Gasteiger partial charge is 0.368 e. The molecule has 2 aromatic carbocycles. The number of amides is 1. The van der Waals surface area contributed by atoms with Gasteiger partial charge in [-0.1, -0.05) is 25.1 Å². The third kappa shape index (κ3) is 5.73. The molecular weight excluding hydrogens is 712 g/mol. The minimum absolute atomic E-state index is 0.000185. The van der Waals surface area contributed by atoms with Crippen LogP contribution in [0.25, 0.3) is 0 Å². The fraction of sp³-hybridized carbons (Fsp3) is 0.581. The van der Waals surface area contributed by atoms with Gasteiger partial charge in [0.25, 0.3) is 5.91 Å². The van der Waals surface area contributed by atoms with Crippen LogP contribution in [-0.2, 0) is 46.2 Å². The molecule has 2 aromatic rings. The van der Waals surface area contributed by atoms with Crippen molar-refractivity contribution >= 4 is 25.8 Å². The predicted octanol–water partition coefficient (Wildman–Crippen LogP) is 5.31. The van der Waals surface area contributed by atoms with Crippen LogP contribution in [0.4, 0.5) is 35.1 Å². The standard InChI is InChI=1S/C31H34F8N2O6S2/c1-18-17-41(48(3,43)44)15-14-27(18,47-2)26(42)40-25-12-13-28(49(45,46)22-8-6-21(32)7-9-22)23-11-5-20(16-19(23)4-10-24(25)28)29(33,30(34,35)36)31(37,38)39/h5-9,11,16,18,24-25H,4,10,12-15,17H2,1-3H3,(H,40,42)/t18?,24-,25+,27?,28+/m0/s1. The average molecular weight is 747 g/mol. The predicted molar refractivity (Wildman–Crippen MR) is 160 cm³/mol. The highest BCUT2D eigenvalue weighted by atomic mass is 32.2. The van der Waals surface area contributed by atoms with Gasteiger partial charge in [-0.25, -0.2) is 29.9 Å². The molecule has 1 amide bonds. The largest absolute Gasteiger partial charge is 0.435 e. The Kier molecular flexibility index (Phi) is 9.28. The number of piperidine rings is 1. The number of alkyl halides is 7. The molecule has 49 heavy (non-hydrogen) atoms. The second kappa shape index (κ2) is 12.1. The number of aryl methyl sites for hydroxylation is 1. The monoisotopic (exact) mass is 746 g/mol. The van der Waals surface area contributed by atoms with Gasteiger partial charge in [0.15, 0.2) is 15.4 Å². The third-order valence-corrected chi connectivity index (χ3v) is 14.4. The molecule has 5 atom stereocenters. The number of carbonyl (C=O) groups excluding carboxylic acids is 1. The van der Waals surface area contributed by atoms with E-state index in [1.807, 2.05) is 0 Å². The lowest BCUT2D eigenvalue weighted by atomic mass is 9.73. The summed E-state index contributed by atoms with van der Waals surface area (Å²) < 4.78 is 169. The van der Waals surface area contributed by atoms with Gasteiger partial charge in [0.1, 0.15) is 10.6 Å². The first-order chi connectivity index (χ1) is 22.5. The molecule has 272 valence electrons. The molecular formula is C31H34F8N2O6S2. The van der Waals surface area contributed by atoms with Crippen molar-refractivity contribution < 1.29 is 61.5 Å². The van der Waals surface area contributed by atoms with Crippen molar-refractivity contribution in [1.29, 1.82) is 0 Å². The number of hydrogen-bond donors (Lipinski definition) is 1. The van der Waals surface area contributed by atoms with Gasteiger partial charge in [0.05, 0.1) is 11.2 Å². The van der Waals surface area contributed by atoms with Gasteiger partial charge in [-0.2, -0.15) is 26.3 Å². The molecule has 8 nitrogen and oxygen atoms in total. The lowest BCUT2D eigenvalue weighted by Crippen LogP contribution is -2.62. The molecule has 18 heteroatoms. The zero-order valence-corrected chi connectivity index (χ0v) is 28.1. The fourth-order valence-electron chi connectivity index (χ4n) is 7.96. The van der Waals surface area contributed by atoms with E-state index in [0.29, 0.717) is 6.07 Å². The zero-order valence-electron chi connectivity index (χ0n) is 26.5. The molecule has 0 bridgehead atoms. The Hall–Kier alpha value is -2.83. The number of hydrogen-bond acceptors (Lipinski definition) is 6. The topological polar surface area (TPSA) is 110 Å². The number of carbonyl (C=O) groups is 1. The van der Waals surface area contributed by atoms with Crippen molar-refractivity contribution in [2.75, 3.05) is 26.5 Å². The Bertz CT molecular complexity index is 1820. The van der Waals surface area contributed by atoms with Gasteiger partial charge < -0.3 is 10.1 Å². The number of rotatable bonds is 7. The molecule has 0 spiro atoms. The Morgan fingerprint density at radius 2 is 1.55 bits per heavy atom. The van der Waals surface area contributed by atoms with E-state index in [1.165, 1.54) is 11.4 Å². The highest BCUT2D eigenvalue weighted by molar-refractivity contribution is 7.92. The summed E-state index contributed by atoms with van der Waals surface area (Å²) in [6.45, 7) is 1.54. The molecule has 1 saturated heterocycles. The minimum atomic E-state index is -6.39. The van der Waals surface area contributed by atoms with E-state index >= 15 is 4.39 Å². The van der Waals surface area contributed by atoms with Crippen molar-refractivity contribution in [3.8, 4) is 0 Å². The van der Waals surface area contributed by atoms with E-state index in [0.717, 1.165) is 36.6 Å². The second-order valence-corrected chi connectivity index (χ2v) is 17.2. The van der Waals surface area contributed by atoms with Crippen LogP contribution < -0.4 is 5.32 Å². The van der Waals surface area contributed by atoms with E-state index < -0.39 is 83.4 Å². The van der Waals surface area contributed by atoms with Gasteiger partial charge >= 0.3 is 18.0 Å². The SMILES string of the molecule is COC1(C(=O)N[C@@H]2CC[C@@]3(S(=O)(=O)c4ccc(F)cc4)c4ccc(C(F)(C(F)(F)F)C(F)(F)F)cc4CC[C@@H]23)CCN(S(C)(=O)=O)CC1C. The van der Waals surface area contributed by atoms with E-state index in [2.05, 4.69) is 5.32 Å². The fourth-order valence-corrected chi connectivity index (χ4v) is 11.3. The van der Waals surface area contributed by atoms with Crippen LogP contribution in [0.1, 0.15) is 49.3 Å². The van der Waals surface area contributed by atoms with Crippen LogP contribution in [0.2, 0.25) is 0 Å². The minimum Gasteiger partial charge on any atom is -0.368 e. The molecule has 0 aromatic heterocycles. The van der Waals surface area contributed by atoms with Crippen molar-refractivity contribution in [3.05, 3.63) is 65.0 Å². The molecule has 3 aliphatic rings. The Morgan fingerprint density at radius 1 is 0.939 bits per heavy atom. The van der Waals surface area contributed by atoms with Crippen LogP contribution in [0.3, 0.4) is 0 Å². The number of fused-ring (bicyclic) bond motifs is 3. The van der Waals surface area contributed by atoms with Crippen molar-refractivity contribution in [2.45, 2.75) is 78.3 Å². The van der Waals surface area contributed by atoms with E-state index in [1.54, 1.807) is 6.92 Å². The Balaban J connectivity index is 1.59. The Labute approximate surface area is 278 Å². The van der Waals surface area contributed by atoms with Crippen LogP contribution >= 0.6 is 0 Å². The number of benzene rings is 2. The molecule has 1 saturated carbocycles. The van der Waals surface area contributed by atoms with Gasteiger partial charge in [-0.05, 0) is 67.5 Å². The molecule has 1 heterocycles. The first-order valence-electron chi connectivity index (χ1n) is 15.2. The quantitative estimate of drug-likeness (QED) is 0.304. The van der Waals surface area contributed by atoms with Crippen LogP contribution in [-0.4, -0.2) is 77.5 Å². The number of halogens is 8. The maximum Gasteiger partial charge on any atom is 0.435 e. The highest BCUT2D eigenvalue weighted by Gasteiger charge is 2.74. The molecule has 1 aliphatic heterocycles. The van der Waals surface area contributed by atoms with Gasteiger partial charge in [0.2, 0.25) is 10.0 Å². The van der Waals surface area contributed by atoms with Gasteiger partial charge in [-0.3, -0.25) is 4.79 Å². The summed E-state index contributed by atoms with van der Waals surface area (Å²) in [5, 5.41) is 2.87. The number of methoxy groups -OCH3 is 1. The molecule has 5 rings (SSSR count). The van der Waals surface area contributed by atoms with Gasteiger partial charge in [-0.15, -0.1) is 0 Å². The summed E-state index contributed by atoms with van der Waals surface area (Å²) >= 11 is 0. The normalized spacial score (nSPS) is 28.5. The summed E-state index contributed by atoms with van der Waals surface area (Å²) in [6, 6.07) is 4.31. The van der Waals surface area contributed by atoms with Crippen molar-refractivity contribution in [2.24, 2.45) is 11.8 Å². The molecule has 1 N–H and O–H groups in total. The van der Waals surface area contributed by atoms with E-state index in [9.17, 15) is 52.4 Å². The summed E-state index contributed by atoms with van der Waals surface area (Å²) in [6.07, 6.45) is -12.4. The van der Waals surface area contributed by atoms with Gasteiger partial charge in [0, 0.05) is 43.6 Å². The summed E-state index contributed by atoms with van der Waals surface area (Å²) in [4.78, 5) is 13.6. The highest BCUT2D eigenvalue weighted by Crippen LogP contribution is 2.59. The van der Waals surface area contributed by atoms with E-state index in [4.69, 9.17) is 4.74 Å². The third-order valence-electron chi connectivity index (χ3n) is 10.5. The lowest BCUT2D eigenvalue weighted by Gasteiger charge is -2.45. The average Bonchev–Trinajstić information content (AvgIpc) is 3.39. The van der Waals surface area contributed by atoms with E-state index in [-0.39, 0.29) is 67.3 Å². The number of nitrogens with zero attached hydrogens (tertiary/aromatic N) is 1. The maximum absolute atomic E-state index is 15.1. The second-order valence-electron chi connectivity index (χ2n) is 13.0. The van der Waals surface area contributed by atoms with Crippen molar-refractivity contribution in [1.82, 2.24) is 9.62 Å². The summed E-state index contributed by atoms with van der Waals surface area (Å²) in [5.74, 6) is -3.04. The summed E-state index contributed by atoms with van der Waals surface area (Å²) in [7, 11) is -6.91. The number of sulfone groups is 1. The lowest BCUT2D eigenvalue weighted by molar-refractivity contribution is -0.348. The zero-order chi connectivity index (χ0) is 36.6. The molecule has 0 radical (unpaired) electrons. The number of nitrogens with one attached hydrogen (secondary N) is 1. The molecule has 2 aliphatic carbocycles. The molecule has 2 unspecified atom stereocenters. The maximum atomic E-state index is 15.1. The first-order valence-corrected chi connectivity index (χ1v) is 18.6. The summed E-state index contributed by atoms with van der Waals surface area (Å²) in [5.41, 5.74) is -9.38. The molecule has 2 fully saturated rings. The number of ether oxygens (including phenoxy) is 1.